The van der Waals surface area contributed by atoms with Crippen molar-refractivity contribution in [3.63, 3.8) is 0 Å². The summed E-state index contributed by atoms with van der Waals surface area (Å²) in [5, 5.41) is 0.194. The number of alkyl halides is 2. The summed E-state index contributed by atoms with van der Waals surface area (Å²) in [6, 6.07) is 15.0. The highest BCUT2D eigenvalue weighted by atomic mass is 35.5. The fraction of sp³-hybridized carbons (Fsp3) is 0.487. The summed E-state index contributed by atoms with van der Waals surface area (Å²) in [7, 11) is 0. The van der Waals surface area contributed by atoms with Gasteiger partial charge in [-0.25, -0.2) is 0 Å². The molecule has 6 heterocycles. The molecule has 0 radical (unpaired) electrons. The van der Waals surface area contributed by atoms with Gasteiger partial charge in [0.25, 0.3) is 0 Å². The maximum Gasteiger partial charge on any atom is 0.308 e. The first-order valence-electron chi connectivity index (χ1n) is 17.8. The summed E-state index contributed by atoms with van der Waals surface area (Å²) < 4.78 is 12.1. The molecule has 4 saturated heterocycles. The number of nitrogens with two attached hydrogens (primary N) is 2. The maximum absolute atomic E-state index is 12.7. The van der Waals surface area contributed by atoms with Crippen LogP contribution in [0.1, 0.15) is 89.2 Å². The Labute approximate surface area is 309 Å². The maximum atomic E-state index is 12.7. The van der Waals surface area contributed by atoms with Crippen molar-refractivity contribution in [1.29, 1.82) is 0 Å². The fourth-order valence-corrected chi connectivity index (χ4v) is 9.70. The number of nitrogens with zero attached hydrogens (tertiary/aromatic N) is 2. The van der Waals surface area contributed by atoms with Gasteiger partial charge < -0.3 is 20.9 Å². The molecule has 0 aliphatic carbocycles. The molecule has 51 heavy (non-hydrogen) atoms. The highest BCUT2D eigenvalue weighted by Gasteiger charge is 2.68. The Morgan fingerprint density at radius 3 is 1.37 bits per heavy atom. The Kier molecular flexibility index (Phi) is 10.2. The molecule has 6 aliphatic rings. The van der Waals surface area contributed by atoms with E-state index < -0.39 is 11.4 Å². The number of piperidine rings is 2. The SMILES string of the molecule is CC[C@]12CCCN3C(=O)C=C(c4ccccc4N)[C@@]31OC(=O)CC2.CC[C@]12CCCN3C(=O)C=C(c4ccccc4N)[C@@]31OC(=O)CC2.ClCCl. The third-order valence-corrected chi connectivity index (χ3v) is 12.1. The second-order valence-electron chi connectivity index (χ2n) is 14.1. The van der Waals surface area contributed by atoms with Gasteiger partial charge in [-0.15, -0.1) is 23.2 Å². The number of carbonyl (C=O) groups excluding carboxylic acids is 4. The van der Waals surface area contributed by atoms with Gasteiger partial charge in [-0.2, -0.15) is 0 Å². The lowest BCUT2D eigenvalue weighted by atomic mass is 9.62. The molecule has 0 saturated carbocycles. The first-order valence-corrected chi connectivity index (χ1v) is 18.9. The van der Waals surface area contributed by atoms with Crippen LogP contribution in [0.5, 0.6) is 0 Å². The van der Waals surface area contributed by atoms with Crippen LogP contribution in [0.15, 0.2) is 60.7 Å². The van der Waals surface area contributed by atoms with Crippen LogP contribution in [-0.2, 0) is 28.7 Å². The highest BCUT2D eigenvalue weighted by Crippen LogP contribution is 2.62. The Morgan fingerprint density at radius 1 is 0.647 bits per heavy atom. The van der Waals surface area contributed by atoms with Crippen LogP contribution in [0, 0.1) is 10.8 Å². The zero-order valence-corrected chi connectivity index (χ0v) is 30.7. The number of anilines is 2. The standard InChI is InChI=1S/2C19H22N2O3.CH2Cl2/c2*1-2-18-9-5-11-21-16(22)12-14(13-6-3-4-7-15(13)20)19(18,21)24-17(23)8-10-18;2-1-3/h2*3-4,6-7,12H,2,5,8-11,20H2,1H3;1H2/t2*18-,19+;/m11./s1. The average Bonchev–Trinajstić information content (AvgIpc) is 3.57. The fourth-order valence-electron chi connectivity index (χ4n) is 9.70. The van der Waals surface area contributed by atoms with E-state index in [-0.39, 0.29) is 39.9 Å². The minimum Gasteiger partial charge on any atom is -0.434 e. The van der Waals surface area contributed by atoms with Gasteiger partial charge in [0.05, 0.1) is 5.34 Å². The second kappa shape index (κ2) is 14.2. The van der Waals surface area contributed by atoms with Crippen molar-refractivity contribution in [1.82, 2.24) is 9.80 Å². The first-order chi connectivity index (χ1) is 24.5. The molecule has 4 atom stereocenters. The van der Waals surface area contributed by atoms with Crippen LogP contribution in [0.3, 0.4) is 0 Å². The Balaban J connectivity index is 0.000000163. The summed E-state index contributed by atoms with van der Waals surface area (Å²) >= 11 is 9.53. The van der Waals surface area contributed by atoms with Crippen molar-refractivity contribution in [3.05, 3.63) is 71.8 Å². The number of carbonyl (C=O) groups is 4. The number of halogens is 2. The topological polar surface area (TPSA) is 145 Å². The van der Waals surface area contributed by atoms with Crippen LogP contribution in [0.4, 0.5) is 11.4 Å². The van der Waals surface area contributed by atoms with Crippen LogP contribution >= 0.6 is 23.2 Å². The first kappa shape index (κ1) is 36.8. The molecule has 2 aromatic carbocycles. The van der Waals surface area contributed by atoms with Gasteiger partial charge in [0.2, 0.25) is 23.3 Å². The molecule has 0 unspecified atom stereocenters. The minimum absolute atomic E-state index is 0.0829. The molecule has 4 N–H and O–H groups in total. The van der Waals surface area contributed by atoms with E-state index >= 15 is 0 Å². The Hall–Kier alpha value is -4.02. The molecular weight excluding hydrogens is 691 g/mol. The molecule has 10 nitrogen and oxygen atoms in total. The van der Waals surface area contributed by atoms with Crippen molar-refractivity contribution in [2.24, 2.45) is 10.8 Å². The van der Waals surface area contributed by atoms with Gasteiger partial charge in [0, 0.05) is 82.6 Å². The zero-order chi connectivity index (χ0) is 36.6. The normalized spacial score (nSPS) is 30.5. The molecule has 2 spiro atoms. The summed E-state index contributed by atoms with van der Waals surface area (Å²) in [4.78, 5) is 53.5. The average molecular weight is 738 g/mol. The molecule has 2 amide bonds. The number of ether oxygens (including phenoxy) is 2. The van der Waals surface area contributed by atoms with Crippen molar-refractivity contribution >= 4 is 69.5 Å². The quantitative estimate of drug-likeness (QED) is 0.197. The number of hydrogen-bond acceptors (Lipinski definition) is 8. The summed E-state index contributed by atoms with van der Waals surface area (Å²) in [5.74, 6) is -0.636. The van der Waals surface area contributed by atoms with Gasteiger partial charge in [-0.3, -0.25) is 29.0 Å². The number of hydrogen-bond donors (Lipinski definition) is 2. The monoisotopic (exact) mass is 736 g/mol. The third-order valence-electron chi connectivity index (χ3n) is 12.1. The number of rotatable bonds is 4. The predicted octanol–water partition coefficient (Wildman–Crippen LogP) is 6.86. The minimum atomic E-state index is -0.998. The van der Waals surface area contributed by atoms with Gasteiger partial charge in [0.15, 0.2) is 0 Å². The van der Waals surface area contributed by atoms with E-state index in [2.05, 4.69) is 13.8 Å². The summed E-state index contributed by atoms with van der Waals surface area (Å²) in [6.07, 6.45) is 11.0. The van der Waals surface area contributed by atoms with Gasteiger partial charge in [-0.05, 0) is 63.5 Å². The van der Waals surface area contributed by atoms with Crippen molar-refractivity contribution in [3.8, 4) is 0 Å². The van der Waals surface area contributed by atoms with Crippen LogP contribution < -0.4 is 11.5 Å². The van der Waals surface area contributed by atoms with Crippen LogP contribution in [-0.4, -0.2) is 63.4 Å². The molecule has 8 rings (SSSR count). The van der Waals surface area contributed by atoms with E-state index in [1.165, 1.54) is 0 Å². The largest absolute Gasteiger partial charge is 0.434 e. The number of benzene rings is 2. The van der Waals surface area contributed by atoms with E-state index in [0.29, 0.717) is 37.3 Å². The molecule has 4 fully saturated rings. The van der Waals surface area contributed by atoms with Crippen LogP contribution in [0.2, 0.25) is 0 Å². The van der Waals surface area contributed by atoms with E-state index in [9.17, 15) is 19.2 Å². The summed E-state index contributed by atoms with van der Waals surface area (Å²) in [5.41, 5.74) is 14.2. The zero-order valence-electron chi connectivity index (χ0n) is 29.2. The predicted molar refractivity (Wildman–Crippen MR) is 198 cm³/mol. The number of esters is 2. The molecule has 2 aromatic rings. The lowest BCUT2D eigenvalue weighted by Gasteiger charge is -2.58. The Morgan fingerprint density at radius 2 is 1.02 bits per heavy atom. The molecule has 272 valence electrons. The molecule has 0 bridgehead atoms. The molecule has 6 aliphatic heterocycles. The van der Waals surface area contributed by atoms with Crippen molar-refractivity contribution < 1.29 is 28.7 Å². The van der Waals surface area contributed by atoms with E-state index in [4.69, 9.17) is 44.1 Å². The van der Waals surface area contributed by atoms with Gasteiger partial charge in [-0.1, -0.05) is 50.2 Å². The van der Waals surface area contributed by atoms with Crippen LogP contribution in [0.25, 0.3) is 11.1 Å². The highest BCUT2D eigenvalue weighted by molar-refractivity contribution is 6.40. The van der Waals surface area contributed by atoms with Gasteiger partial charge in [0.1, 0.15) is 0 Å². The number of amides is 2. The van der Waals surface area contributed by atoms with E-state index in [1.807, 2.05) is 48.5 Å². The Bertz CT molecular complexity index is 1670. The lowest BCUT2D eigenvalue weighted by molar-refractivity contribution is -0.227. The molecule has 12 heteroatoms. The molecular formula is C39H46Cl2N4O6. The van der Waals surface area contributed by atoms with Crippen molar-refractivity contribution in [2.75, 3.05) is 29.9 Å². The third kappa shape index (κ3) is 5.60. The smallest absolute Gasteiger partial charge is 0.308 e. The lowest BCUT2D eigenvalue weighted by Crippen LogP contribution is -2.66. The molecule has 0 aromatic heterocycles. The van der Waals surface area contributed by atoms with E-state index in [1.54, 1.807) is 22.0 Å². The van der Waals surface area contributed by atoms with Gasteiger partial charge >= 0.3 is 11.9 Å². The second-order valence-corrected chi connectivity index (χ2v) is 14.9. The number of nitrogen functional groups attached to an aromatic ring is 2. The number of para-hydroxylation sites is 2. The summed E-state index contributed by atoms with van der Waals surface area (Å²) in [6.45, 7) is 5.47. The van der Waals surface area contributed by atoms with E-state index in [0.717, 1.165) is 73.6 Å². The van der Waals surface area contributed by atoms with Crippen molar-refractivity contribution in [2.45, 2.75) is 89.5 Å².